The number of aromatic nitrogens is 2. The second-order valence-electron chi connectivity index (χ2n) is 5.66. The Morgan fingerprint density at radius 2 is 2.04 bits per heavy atom. The normalized spacial score (nSPS) is 11.0. The molecule has 0 aliphatic carbocycles. The topological polar surface area (TPSA) is 64.0 Å². The lowest BCUT2D eigenvalue weighted by Gasteiger charge is -2.08. The summed E-state index contributed by atoms with van der Waals surface area (Å²) in [6.45, 7) is -0.291. The smallest absolute Gasteiger partial charge is 0.263 e. The number of fused-ring (bicyclic) bond motifs is 1. The summed E-state index contributed by atoms with van der Waals surface area (Å²) < 4.78 is 27.4. The van der Waals surface area contributed by atoms with Crippen LogP contribution in [0.15, 0.2) is 52.2 Å². The Labute approximate surface area is 159 Å². The zero-order chi connectivity index (χ0) is 19.0. The molecule has 1 aromatic carbocycles. The van der Waals surface area contributed by atoms with Crippen molar-refractivity contribution in [2.75, 3.05) is 5.32 Å². The number of nitrogens with one attached hydrogen (secondary N) is 1. The van der Waals surface area contributed by atoms with Crippen molar-refractivity contribution in [1.29, 1.82) is 0 Å². The number of thiophene rings is 2. The highest BCUT2D eigenvalue weighted by Crippen LogP contribution is 2.33. The van der Waals surface area contributed by atoms with Crippen molar-refractivity contribution in [3.8, 4) is 10.4 Å². The quantitative estimate of drug-likeness (QED) is 0.558. The number of carbonyl (C=O) groups excluding carboxylic acids is 1. The van der Waals surface area contributed by atoms with Crippen LogP contribution >= 0.6 is 22.7 Å². The summed E-state index contributed by atoms with van der Waals surface area (Å²) in [5.74, 6) is -2.61. The molecule has 3 aromatic heterocycles. The Kier molecular flexibility index (Phi) is 4.54. The van der Waals surface area contributed by atoms with Gasteiger partial charge in [-0.05, 0) is 23.6 Å². The van der Waals surface area contributed by atoms with Gasteiger partial charge in [0.25, 0.3) is 5.56 Å². The molecule has 0 saturated carbocycles. The zero-order valence-electron chi connectivity index (χ0n) is 13.6. The van der Waals surface area contributed by atoms with E-state index >= 15 is 0 Å². The lowest BCUT2D eigenvalue weighted by atomic mass is 10.2. The molecule has 9 heteroatoms. The molecule has 27 heavy (non-hydrogen) atoms. The number of hydrogen-bond donors (Lipinski definition) is 1. The number of halogens is 2. The second kappa shape index (κ2) is 7.01. The number of carbonyl (C=O) groups is 1. The third-order valence-electron chi connectivity index (χ3n) is 3.86. The third kappa shape index (κ3) is 3.38. The molecule has 0 aliphatic rings. The van der Waals surface area contributed by atoms with E-state index in [2.05, 4.69) is 10.3 Å². The van der Waals surface area contributed by atoms with E-state index in [9.17, 15) is 18.4 Å². The van der Waals surface area contributed by atoms with E-state index in [-0.39, 0.29) is 17.8 Å². The van der Waals surface area contributed by atoms with Crippen LogP contribution in [0.5, 0.6) is 0 Å². The maximum Gasteiger partial charge on any atom is 0.263 e. The monoisotopic (exact) mass is 403 g/mol. The first-order chi connectivity index (χ1) is 13.0. The molecule has 4 aromatic rings. The zero-order valence-corrected chi connectivity index (χ0v) is 15.2. The first-order valence-corrected chi connectivity index (χ1v) is 9.54. The van der Waals surface area contributed by atoms with Crippen molar-refractivity contribution < 1.29 is 13.6 Å². The third-order valence-corrected chi connectivity index (χ3v) is 5.65. The van der Waals surface area contributed by atoms with Crippen LogP contribution in [-0.2, 0) is 11.3 Å². The molecule has 0 aliphatic heterocycles. The van der Waals surface area contributed by atoms with Crippen LogP contribution < -0.4 is 10.9 Å². The average molecular weight is 403 g/mol. The predicted molar refractivity (Wildman–Crippen MR) is 102 cm³/mol. The Bertz CT molecular complexity index is 1200. The standard InChI is InChI=1S/C18H11F2N3O2S2/c19-12-4-3-10(6-13(12)20)22-15(24)7-23-9-21-17-16(18(23)25)11(8-27-17)14-2-1-5-26-14/h1-6,8-9H,7H2,(H,22,24). The molecule has 0 atom stereocenters. The number of nitrogens with zero attached hydrogens (tertiary/aromatic N) is 2. The summed E-state index contributed by atoms with van der Waals surface area (Å²) in [7, 11) is 0. The van der Waals surface area contributed by atoms with Crippen LogP contribution in [-0.4, -0.2) is 15.5 Å². The lowest BCUT2D eigenvalue weighted by molar-refractivity contribution is -0.116. The molecule has 0 saturated heterocycles. The molecule has 1 amide bonds. The molecule has 1 N–H and O–H groups in total. The minimum Gasteiger partial charge on any atom is -0.324 e. The van der Waals surface area contributed by atoms with Crippen LogP contribution in [0.3, 0.4) is 0 Å². The first-order valence-electron chi connectivity index (χ1n) is 7.78. The van der Waals surface area contributed by atoms with Gasteiger partial charge in [-0.25, -0.2) is 13.8 Å². The molecule has 0 fully saturated rings. The van der Waals surface area contributed by atoms with Crippen molar-refractivity contribution in [2.45, 2.75) is 6.54 Å². The van der Waals surface area contributed by atoms with E-state index in [0.29, 0.717) is 10.2 Å². The van der Waals surface area contributed by atoms with E-state index in [1.54, 1.807) is 0 Å². The molecule has 0 radical (unpaired) electrons. The van der Waals surface area contributed by atoms with Crippen molar-refractivity contribution in [1.82, 2.24) is 9.55 Å². The predicted octanol–water partition coefficient (Wildman–Crippen LogP) is 4.10. The number of hydrogen-bond acceptors (Lipinski definition) is 5. The molecule has 0 unspecified atom stereocenters. The van der Waals surface area contributed by atoms with Crippen LogP contribution in [0.25, 0.3) is 20.7 Å². The number of benzene rings is 1. The van der Waals surface area contributed by atoms with Crippen LogP contribution in [0.4, 0.5) is 14.5 Å². The summed E-state index contributed by atoms with van der Waals surface area (Å²) in [6, 6.07) is 6.86. The van der Waals surface area contributed by atoms with Gasteiger partial charge in [0.2, 0.25) is 5.91 Å². The summed E-state index contributed by atoms with van der Waals surface area (Å²) in [5.41, 5.74) is 0.568. The molecule has 0 bridgehead atoms. The number of anilines is 1. The van der Waals surface area contributed by atoms with Crippen LogP contribution in [0, 0.1) is 11.6 Å². The van der Waals surface area contributed by atoms with Gasteiger partial charge in [-0.3, -0.25) is 14.2 Å². The molecule has 136 valence electrons. The van der Waals surface area contributed by atoms with Gasteiger partial charge in [0.15, 0.2) is 11.6 Å². The Hall–Kier alpha value is -2.91. The van der Waals surface area contributed by atoms with E-state index in [1.807, 2.05) is 22.9 Å². The van der Waals surface area contributed by atoms with Crippen LogP contribution in [0.2, 0.25) is 0 Å². The van der Waals surface area contributed by atoms with Crippen molar-refractivity contribution in [3.63, 3.8) is 0 Å². The fourth-order valence-electron chi connectivity index (χ4n) is 2.62. The van der Waals surface area contributed by atoms with E-state index in [4.69, 9.17) is 0 Å². The maximum absolute atomic E-state index is 13.2. The van der Waals surface area contributed by atoms with Crippen molar-refractivity contribution >= 4 is 44.5 Å². The largest absolute Gasteiger partial charge is 0.324 e. The average Bonchev–Trinajstić information content (AvgIpc) is 3.30. The molecule has 0 spiro atoms. The fraction of sp³-hybridized carbons (Fsp3) is 0.0556. The highest BCUT2D eigenvalue weighted by molar-refractivity contribution is 7.18. The van der Waals surface area contributed by atoms with Gasteiger partial charge in [-0.15, -0.1) is 22.7 Å². The first kappa shape index (κ1) is 17.5. The minimum absolute atomic E-state index is 0.107. The second-order valence-corrected chi connectivity index (χ2v) is 7.47. The lowest BCUT2D eigenvalue weighted by Crippen LogP contribution is -2.27. The van der Waals surface area contributed by atoms with E-state index in [1.165, 1.54) is 39.6 Å². The molecule has 4 rings (SSSR count). The van der Waals surface area contributed by atoms with Crippen molar-refractivity contribution in [2.24, 2.45) is 0 Å². The van der Waals surface area contributed by atoms with Gasteiger partial charge < -0.3 is 5.32 Å². The summed E-state index contributed by atoms with van der Waals surface area (Å²) in [4.78, 5) is 30.8. The van der Waals surface area contributed by atoms with Gasteiger partial charge in [-0.2, -0.15) is 0 Å². The minimum atomic E-state index is -1.06. The highest BCUT2D eigenvalue weighted by atomic mass is 32.1. The molecule has 5 nitrogen and oxygen atoms in total. The number of rotatable bonds is 4. The van der Waals surface area contributed by atoms with E-state index in [0.717, 1.165) is 22.6 Å². The molecular weight excluding hydrogens is 392 g/mol. The Morgan fingerprint density at radius 3 is 2.78 bits per heavy atom. The highest BCUT2D eigenvalue weighted by Gasteiger charge is 2.15. The van der Waals surface area contributed by atoms with Gasteiger partial charge >= 0.3 is 0 Å². The Morgan fingerprint density at radius 1 is 1.19 bits per heavy atom. The van der Waals surface area contributed by atoms with Crippen LogP contribution in [0.1, 0.15) is 0 Å². The SMILES string of the molecule is O=C(Cn1cnc2scc(-c3cccs3)c2c1=O)Nc1ccc(F)c(F)c1. The molecule has 3 heterocycles. The van der Waals surface area contributed by atoms with Gasteiger partial charge in [-0.1, -0.05) is 6.07 Å². The van der Waals surface area contributed by atoms with Crippen molar-refractivity contribution in [3.05, 3.63) is 69.4 Å². The number of amides is 1. The van der Waals surface area contributed by atoms with Gasteiger partial charge in [0.05, 0.1) is 11.7 Å². The van der Waals surface area contributed by atoms with Gasteiger partial charge in [0, 0.05) is 27.6 Å². The Balaban J connectivity index is 1.63. The summed E-state index contributed by atoms with van der Waals surface area (Å²) in [5, 5.41) is 6.70. The maximum atomic E-state index is 13.2. The molecular formula is C18H11F2N3O2S2. The summed E-state index contributed by atoms with van der Waals surface area (Å²) >= 11 is 2.88. The van der Waals surface area contributed by atoms with E-state index < -0.39 is 17.5 Å². The summed E-state index contributed by atoms with van der Waals surface area (Å²) in [6.07, 6.45) is 1.31. The fourth-order valence-corrected chi connectivity index (χ4v) is 4.34. The van der Waals surface area contributed by atoms with Gasteiger partial charge in [0.1, 0.15) is 11.4 Å².